The molecule has 0 aliphatic rings. The van der Waals surface area contributed by atoms with Crippen molar-refractivity contribution in [3.63, 3.8) is 0 Å². The van der Waals surface area contributed by atoms with Crippen LogP contribution >= 0.6 is 11.6 Å². The second kappa shape index (κ2) is 12.2. The predicted molar refractivity (Wildman–Crippen MR) is 127 cm³/mol. The summed E-state index contributed by atoms with van der Waals surface area (Å²) in [4.78, 5) is 37.7. The van der Waals surface area contributed by atoms with Gasteiger partial charge in [-0.2, -0.15) is 5.10 Å². The molecule has 1 atom stereocenters. The van der Waals surface area contributed by atoms with E-state index in [1.807, 2.05) is 5.48 Å². The van der Waals surface area contributed by atoms with Gasteiger partial charge < -0.3 is 15.4 Å². The molecular weight excluding hydrogens is 500 g/mol. The highest BCUT2D eigenvalue weighted by Gasteiger charge is 2.22. The fourth-order valence-electron chi connectivity index (χ4n) is 3.11. The summed E-state index contributed by atoms with van der Waals surface area (Å²) >= 11 is 5.97. The number of hydrogen-bond acceptors (Lipinski definition) is 7. The molecule has 3 amide bonds. The Morgan fingerprint density at radius 1 is 1.22 bits per heavy atom. The van der Waals surface area contributed by atoms with Crippen molar-refractivity contribution >= 4 is 40.6 Å². The number of ether oxygens (including phenoxy) is 1. The molecule has 0 radical (unpaired) electrons. The number of rotatable bonds is 9. The summed E-state index contributed by atoms with van der Waals surface area (Å²) in [5.74, 6) is 4.43. The Kier molecular flexibility index (Phi) is 9.07. The monoisotopic (exact) mass is 521 g/mol. The predicted octanol–water partition coefficient (Wildman–Crippen LogP) is 4.14. The Balaban J connectivity index is 1.76. The molecule has 0 aliphatic carbocycles. The Hall–Kier alpha value is -3.86. The van der Waals surface area contributed by atoms with E-state index in [1.165, 1.54) is 23.9 Å². The molecule has 190 valence electrons. The summed E-state index contributed by atoms with van der Waals surface area (Å²) in [6.07, 6.45) is -0.747. The van der Waals surface area contributed by atoms with Crippen molar-refractivity contribution in [2.45, 2.75) is 32.8 Å². The van der Waals surface area contributed by atoms with Gasteiger partial charge in [0.25, 0.3) is 12.3 Å². The topological polar surface area (TPSA) is 132 Å². The number of halogens is 3. The van der Waals surface area contributed by atoms with Gasteiger partial charge in [-0.25, -0.2) is 33.5 Å². The lowest BCUT2D eigenvalue weighted by Gasteiger charge is -2.17. The second-order valence-electron chi connectivity index (χ2n) is 7.17. The van der Waals surface area contributed by atoms with Crippen LogP contribution in [0.4, 0.5) is 25.0 Å². The maximum absolute atomic E-state index is 13.6. The minimum atomic E-state index is -3.04. The average Bonchev–Trinajstić information content (AvgIpc) is 3.23. The molecule has 36 heavy (non-hydrogen) atoms. The molecule has 14 heteroatoms. The number of hydrogen-bond donors (Lipinski definition) is 3. The van der Waals surface area contributed by atoms with Crippen LogP contribution in [-0.4, -0.2) is 45.2 Å². The molecule has 3 aromatic heterocycles. The fourth-order valence-corrected chi connectivity index (χ4v) is 3.28. The van der Waals surface area contributed by atoms with Gasteiger partial charge in [0, 0.05) is 19.6 Å². The molecule has 0 saturated heterocycles. The van der Waals surface area contributed by atoms with E-state index >= 15 is 0 Å². The molecule has 3 N–H and O–H groups in total. The molecule has 0 saturated carbocycles. The number of nitrogens with one attached hydrogen (secondary N) is 3. The quantitative estimate of drug-likeness (QED) is 0.219. The third kappa shape index (κ3) is 6.42. The van der Waals surface area contributed by atoms with E-state index in [4.69, 9.17) is 21.2 Å². The highest BCUT2D eigenvalue weighted by atomic mass is 35.5. The first-order chi connectivity index (χ1) is 17.2. The first-order valence-electron chi connectivity index (χ1n) is 10.5. The Bertz CT molecular complexity index is 1320. The fraction of sp³-hybridized carbons (Fsp3) is 0.318. The maximum Gasteiger partial charge on any atom is 0.323 e. The molecule has 0 bridgehead atoms. The van der Waals surface area contributed by atoms with Gasteiger partial charge in [-0.3, -0.25) is 9.63 Å². The summed E-state index contributed by atoms with van der Waals surface area (Å²) in [5.41, 5.74) is 1.88. The minimum absolute atomic E-state index is 0.0731. The number of nitrogens with zero attached hydrogens (tertiary/aromatic N) is 4. The van der Waals surface area contributed by atoms with E-state index < -0.39 is 35.7 Å². The number of methoxy groups -OCH3 is 1. The summed E-state index contributed by atoms with van der Waals surface area (Å²) in [7, 11) is 1.48. The Labute approximate surface area is 209 Å². The first kappa shape index (κ1) is 26.7. The van der Waals surface area contributed by atoms with Crippen molar-refractivity contribution in [3.8, 4) is 11.8 Å². The molecule has 11 nitrogen and oxygen atoms in total. The zero-order valence-electron chi connectivity index (χ0n) is 19.4. The number of carbonyl (C=O) groups excluding carboxylic acids is 2. The van der Waals surface area contributed by atoms with Crippen LogP contribution in [0.15, 0.2) is 24.5 Å². The van der Waals surface area contributed by atoms with Crippen LogP contribution in [0, 0.1) is 11.8 Å². The lowest BCUT2D eigenvalue weighted by Crippen LogP contribution is -2.27. The van der Waals surface area contributed by atoms with Crippen LogP contribution < -0.4 is 16.1 Å². The highest BCUT2D eigenvalue weighted by Crippen LogP contribution is 2.27. The normalized spacial score (nSPS) is 11.6. The minimum Gasteiger partial charge on any atom is -0.375 e. The van der Waals surface area contributed by atoms with E-state index in [0.29, 0.717) is 17.8 Å². The molecule has 3 heterocycles. The Morgan fingerprint density at radius 2 is 2.00 bits per heavy atom. The van der Waals surface area contributed by atoms with Crippen molar-refractivity contribution in [3.05, 3.63) is 46.6 Å². The zero-order chi connectivity index (χ0) is 26.2. The molecule has 3 rings (SSSR count). The van der Waals surface area contributed by atoms with Gasteiger partial charge in [-0.15, -0.1) is 11.8 Å². The molecule has 0 fully saturated rings. The number of amides is 3. The second-order valence-corrected chi connectivity index (χ2v) is 7.56. The van der Waals surface area contributed by atoms with Crippen molar-refractivity contribution in [1.82, 2.24) is 25.1 Å². The number of pyridine rings is 1. The van der Waals surface area contributed by atoms with Gasteiger partial charge in [0.2, 0.25) is 0 Å². The zero-order valence-corrected chi connectivity index (χ0v) is 20.2. The van der Waals surface area contributed by atoms with Gasteiger partial charge in [-0.05, 0) is 19.9 Å². The standard InChI is InChI=1S/C22H22ClF2N7O4/c1-4-5-6-7-36-31-21(33)18-14(20(24)25)8-13(10-27-18)28-22(34)29-15-11-26-17-9-16(23)30-32(17)19(15)12(2)35-3/h8-12,20H,6-7H2,1-3H3,(H,31,33)(H2,28,29,34)/t12-/m0/s1. The summed E-state index contributed by atoms with van der Waals surface area (Å²) in [5, 5.41) is 9.34. The first-order valence-corrected chi connectivity index (χ1v) is 10.9. The molecule has 0 unspecified atom stereocenters. The average molecular weight is 522 g/mol. The molecule has 0 spiro atoms. The maximum atomic E-state index is 13.6. The number of fused-ring (bicyclic) bond motifs is 1. The molecule has 0 aliphatic heterocycles. The summed E-state index contributed by atoms with van der Waals surface area (Å²) < 4.78 is 34.0. The Morgan fingerprint density at radius 3 is 2.69 bits per heavy atom. The number of carbonyl (C=O) groups is 2. The van der Waals surface area contributed by atoms with Gasteiger partial charge in [-0.1, -0.05) is 11.6 Å². The number of urea groups is 1. The van der Waals surface area contributed by atoms with Crippen molar-refractivity contribution in [2.24, 2.45) is 0 Å². The number of hydroxylamine groups is 1. The van der Waals surface area contributed by atoms with Crippen LogP contribution in [0.1, 0.15) is 54.5 Å². The van der Waals surface area contributed by atoms with E-state index in [9.17, 15) is 18.4 Å². The molecule has 0 aromatic carbocycles. The highest BCUT2D eigenvalue weighted by molar-refractivity contribution is 6.29. The number of anilines is 2. The van der Waals surface area contributed by atoms with Crippen molar-refractivity contribution in [1.29, 1.82) is 0 Å². The van der Waals surface area contributed by atoms with Crippen LogP contribution in [0.5, 0.6) is 0 Å². The van der Waals surface area contributed by atoms with Crippen LogP contribution in [-0.2, 0) is 9.57 Å². The van der Waals surface area contributed by atoms with Crippen LogP contribution in [0.3, 0.4) is 0 Å². The summed E-state index contributed by atoms with van der Waals surface area (Å²) in [6, 6.07) is 1.71. The lowest BCUT2D eigenvalue weighted by molar-refractivity contribution is 0.0324. The van der Waals surface area contributed by atoms with E-state index in [0.717, 1.165) is 12.3 Å². The molecule has 3 aromatic rings. The SMILES string of the molecule is CC#CCCONC(=O)c1ncc(NC(=O)Nc2cnc3cc(Cl)nn3c2[C@H](C)OC)cc1C(F)F. The smallest absolute Gasteiger partial charge is 0.323 e. The van der Waals surface area contributed by atoms with Gasteiger partial charge in [0.15, 0.2) is 10.8 Å². The van der Waals surface area contributed by atoms with E-state index in [1.54, 1.807) is 13.8 Å². The van der Waals surface area contributed by atoms with Crippen molar-refractivity contribution < 1.29 is 27.9 Å². The largest absolute Gasteiger partial charge is 0.375 e. The van der Waals surface area contributed by atoms with E-state index in [2.05, 4.69) is 37.5 Å². The number of alkyl halides is 2. The van der Waals surface area contributed by atoms with Crippen LogP contribution in [0.25, 0.3) is 5.65 Å². The van der Waals surface area contributed by atoms with Crippen molar-refractivity contribution in [2.75, 3.05) is 24.4 Å². The third-order valence-corrected chi connectivity index (χ3v) is 4.96. The third-order valence-electron chi connectivity index (χ3n) is 4.77. The van der Waals surface area contributed by atoms with E-state index in [-0.39, 0.29) is 23.1 Å². The molecular formula is C22H22ClF2N7O4. The number of aromatic nitrogens is 4. The van der Waals surface area contributed by atoms with Gasteiger partial charge in [0.1, 0.15) is 5.69 Å². The van der Waals surface area contributed by atoms with Gasteiger partial charge in [0.05, 0.1) is 47.7 Å². The van der Waals surface area contributed by atoms with Crippen LogP contribution in [0.2, 0.25) is 5.15 Å². The lowest BCUT2D eigenvalue weighted by atomic mass is 10.1. The summed E-state index contributed by atoms with van der Waals surface area (Å²) in [6.45, 7) is 3.46. The van der Waals surface area contributed by atoms with Gasteiger partial charge >= 0.3 is 6.03 Å².